The topological polar surface area (TPSA) is 68.0 Å². The molecule has 1 N–H and O–H groups in total. The highest BCUT2D eigenvalue weighted by Crippen LogP contribution is 2.24. The Kier molecular flexibility index (Phi) is 6.95. The Morgan fingerprint density at radius 1 is 1.14 bits per heavy atom. The van der Waals surface area contributed by atoms with E-state index in [4.69, 9.17) is 10.1 Å². The third kappa shape index (κ3) is 5.19. The fourth-order valence-electron chi connectivity index (χ4n) is 3.25. The maximum atomic E-state index is 11.5. The molecule has 0 radical (unpaired) electrons. The van der Waals surface area contributed by atoms with Crippen molar-refractivity contribution in [3.63, 3.8) is 0 Å². The Bertz CT molecular complexity index is 988. The van der Waals surface area contributed by atoms with Gasteiger partial charge in [0.15, 0.2) is 5.82 Å². The number of allylic oxidation sites excluding steroid dienone is 2. The van der Waals surface area contributed by atoms with Crippen LogP contribution in [0.5, 0.6) is 0 Å². The molecule has 0 fully saturated rings. The normalized spacial score (nSPS) is 11.2. The van der Waals surface area contributed by atoms with E-state index in [1.807, 2.05) is 54.1 Å². The Morgan fingerprint density at radius 2 is 1.90 bits per heavy atom. The van der Waals surface area contributed by atoms with Gasteiger partial charge in [-0.05, 0) is 36.1 Å². The summed E-state index contributed by atoms with van der Waals surface area (Å²) in [6.07, 6.45) is 8.00. The Balaban J connectivity index is 1.82. The van der Waals surface area contributed by atoms with Crippen molar-refractivity contribution in [1.29, 1.82) is 0 Å². The van der Waals surface area contributed by atoms with Crippen LogP contribution in [0.1, 0.15) is 54.3 Å². The van der Waals surface area contributed by atoms with E-state index in [2.05, 4.69) is 13.0 Å². The highest BCUT2D eigenvalue weighted by Gasteiger charge is 2.12. The van der Waals surface area contributed by atoms with Crippen molar-refractivity contribution in [2.45, 2.75) is 46.1 Å². The largest absolute Gasteiger partial charge is 0.478 e. The van der Waals surface area contributed by atoms with Gasteiger partial charge in [-0.25, -0.2) is 14.5 Å². The van der Waals surface area contributed by atoms with Gasteiger partial charge in [-0.1, -0.05) is 68.0 Å². The molecule has 1 aromatic heterocycles. The first-order chi connectivity index (χ1) is 14.1. The number of aromatic carboxylic acids is 1. The maximum absolute atomic E-state index is 11.5. The number of carboxylic acid groups (broad SMARTS) is 1. The summed E-state index contributed by atoms with van der Waals surface area (Å²) in [7, 11) is 0. The molecule has 2 aromatic carbocycles. The van der Waals surface area contributed by atoms with Crippen LogP contribution in [0.3, 0.4) is 0 Å². The monoisotopic (exact) mass is 389 g/mol. The van der Waals surface area contributed by atoms with Crippen LogP contribution in [0.25, 0.3) is 11.1 Å². The lowest BCUT2D eigenvalue weighted by molar-refractivity contribution is 0.0697. The van der Waals surface area contributed by atoms with Crippen molar-refractivity contribution >= 4 is 5.97 Å². The molecule has 0 atom stereocenters. The number of unbranched alkanes of at least 4 members (excludes halogenated alkanes) is 1. The van der Waals surface area contributed by atoms with Gasteiger partial charge in [0.2, 0.25) is 0 Å². The molecule has 0 saturated heterocycles. The van der Waals surface area contributed by atoms with E-state index in [-0.39, 0.29) is 0 Å². The second-order valence-electron chi connectivity index (χ2n) is 7.03. The van der Waals surface area contributed by atoms with Gasteiger partial charge in [-0.3, -0.25) is 0 Å². The molecular formula is C24H27N3O2. The summed E-state index contributed by atoms with van der Waals surface area (Å²) in [6.45, 7) is 4.82. The van der Waals surface area contributed by atoms with Crippen LogP contribution >= 0.6 is 0 Å². The minimum Gasteiger partial charge on any atom is -0.478 e. The average Bonchev–Trinajstić information content (AvgIpc) is 3.12. The predicted molar refractivity (Wildman–Crippen MR) is 115 cm³/mol. The first-order valence-corrected chi connectivity index (χ1v) is 10.1. The lowest BCUT2D eigenvalue weighted by Gasteiger charge is -2.09. The summed E-state index contributed by atoms with van der Waals surface area (Å²) in [5, 5.41) is 14.1. The fourth-order valence-corrected chi connectivity index (χ4v) is 3.25. The second kappa shape index (κ2) is 9.82. The van der Waals surface area contributed by atoms with Gasteiger partial charge in [-0.2, -0.15) is 5.10 Å². The molecule has 3 aromatic rings. The third-order valence-electron chi connectivity index (χ3n) is 4.84. The molecule has 0 aliphatic rings. The smallest absolute Gasteiger partial charge is 0.336 e. The molecule has 0 amide bonds. The van der Waals surface area contributed by atoms with Gasteiger partial charge >= 0.3 is 5.97 Å². The number of hydrogen-bond donors (Lipinski definition) is 1. The maximum Gasteiger partial charge on any atom is 0.336 e. The minimum atomic E-state index is -0.916. The average molecular weight is 389 g/mol. The van der Waals surface area contributed by atoms with Crippen LogP contribution in [0.4, 0.5) is 0 Å². The van der Waals surface area contributed by atoms with Gasteiger partial charge in [0.1, 0.15) is 5.82 Å². The van der Waals surface area contributed by atoms with Crippen LogP contribution in [0.15, 0.2) is 60.7 Å². The van der Waals surface area contributed by atoms with Crippen molar-refractivity contribution in [2.24, 2.45) is 0 Å². The van der Waals surface area contributed by atoms with Crippen LogP contribution in [-0.4, -0.2) is 25.8 Å². The molecule has 0 spiro atoms. The van der Waals surface area contributed by atoms with Crippen LogP contribution in [0.2, 0.25) is 0 Å². The lowest BCUT2D eigenvalue weighted by atomic mass is 9.99. The summed E-state index contributed by atoms with van der Waals surface area (Å²) >= 11 is 0. The zero-order valence-corrected chi connectivity index (χ0v) is 17.0. The first-order valence-electron chi connectivity index (χ1n) is 10.1. The number of benzene rings is 2. The second-order valence-corrected chi connectivity index (χ2v) is 7.03. The zero-order valence-electron chi connectivity index (χ0n) is 17.0. The molecule has 5 nitrogen and oxygen atoms in total. The van der Waals surface area contributed by atoms with Crippen molar-refractivity contribution in [3.05, 3.63) is 83.5 Å². The van der Waals surface area contributed by atoms with E-state index in [0.29, 0.717) is 12.1 Å². The molecule has 3 rings (SSSR count). The van der Waals surface area contributed by atoms with E-state index >= 15 is 0 Å². The Morgan fingerprint density at radius 3 is 2.59 bits per heavy atom. The summed E-state index contributed by atoms with van der Waals surface area (Å²) in [4.78, 5) is 16.2. The van der Waals surface area contributed by atoms with Crippen molar-refractivity contribution in [2.75, 3.05) is 0 Å². The molecule has 0 saturated carbocycles. The Hall–Kier alpha value is -3.21. The van der Waals surface area contributed by atoms with Gasteiger partial charge in [0, 0.05) is 12.8 Å². The number of hydrogen-bond acceptors (Lipinski definition) is 3. The molecule has 150 valence electrons. The first kappa shape index (κ1) is 20.5. The minimum absolute atomic E-state index is 0.311. The zero-order chi connectivity index (χ0) is 20.6. The van der Waals surface area contributed by atoms with E-state index in [1.54, 1.807) is 12.1 Å². The van der Waals surface area contributed by atoms with Gasteiger partial charge < -0.3 is 5.11 Å². The van der Waals surface area contributed by atoms with Crippen LogP contribution in [-0.2, 0) is 19.4 Å². The molecular weight excluding hydrogens is 362 g/mol. The fraction of sp³-hybridized carbons (Fsp3) is 0.292. The van der Waals surface area contributed by atoms with E-state index < -0.39 is 5.97 Å². The van der Waals surface area contributed by atoms with Crippen LogP contribution in [0, 0.1) is 0 Å². The number of carbonyl (C=O) groups is 1. The third-order valence-corrected chi connectivity index (χ3v) is 4.84. The van der Waals surface area contributed by atoms with E-state index in [0.717, 1.165) is 54.0 Å². The molecule has 29 heavy (non-hydrogen) atoms. The van der Waals surface area contributed by atoms with E-state index in [1.165, 1.54) is 0 Å². The number of nitrogens with zero attached hydrogens (tertiary/aromatic N) is 3. The summed E-state index contributed by atoms with van der Waals surface area (Å²) in [5.41, 5.74) is 3.03. The predicted octanol–water partition coefficient (Wildman–Crippen LogP) is 5.15. The molecule has 1 heterocycles. The highest BCUT2D eigenvalue weighted by molar-refractivity contribution is 5.95. The van der Waals surface area contributed by atoms with Crippen molar-refractivity contribution in [1.82, 2.24) is 14.8 Å². The molecule has 0 unspecified atom stereocenters. The molecule has 0 bridgehead atoms. The van der Waals surface area contributed by atoms with Gasteiger partial charge in [0.05, 0.1) is 12.1 Å². The Labute approximate surface area is 171 Å². The molecule has 5 heteroatoms. The van der Waals surface area contributed by atoms with Crippen molar-refractivity contribution < 1.29 is 9.90 Å². The summed E-state index contributed by atoms with van der Waals surface area (Å²) in [6, 6.07) is 15.1. The molecule has 0 aliphatic carbocycles. The highest BCUT2D eigenvalue weighted by atomic mass is 16.4. The van der Waals surface area contributed by atoms with E-state index in [9.17, 15) is 9.90 Å². The van der Waals surface area contributed by atoms with Crippen LogP contribution < -0.4 is 0 Å². The number of aromatic nitrogens is 3. The summed E-state index contributed by atoms with van der Waals surface area (Å²) < 4.78 is 1.98. The number of rotatable bonds is 9. The lowest BCUT2D eigenvalue weighted by Crippen LogP contribution is -2.07. The quantitative estimate of drug-likeness (QED) is 0.514. The summed E-state index contributed by atoms with van der Waals surface area (Å²) in [5.74, 6) is 0.952. The SMILES string of the molecule is C/C=C/Cc1nc(CCCC)nn1Cc1ccc(-c2ccccc2C(=O)O)cc1. The number of carboxylic acids is 1. The standard InChI is InChI=1S/C24H27N3O2/c1-3-5-11-22-25-23(12-6-4-2)27(26-22)17-18-13-15-19(16-14-18)20-9-7-8-10-21(20)24(28)29/h4,6-10,13-16H,3,5,11-12,17H2,1-2H3,(H,28,29)/b6-4+. The molecule has 0 aliphatic heterocycles. The van der Waals surface area contributed by atoms with Gasteiger partial charge in [-0.15, -0.1) is 0 Å². The van der Waals surface area contributed by atoms with Gasteiger partial charge in [0.25, 0.3) is 0 Å². The number of aryl methyl sites for hydroxylation is 1. The van der Waals surface area contributed by atoms with Crippen molar-refractivity contribution in [3.8, 4) is 11.1 Å².